The molecule has 1 aliphatic carbocycles. The molecule has 1 heterocycles. The Kier molecular flexibility index (Phi) is 5.08. The van der Waals surface area contributed by atoms with Crippen molar-refractivity contribution in [1.82, 2.24) is 0 Å². The van der Waals surface area contributed by atoms with Crippen molar-refractivity contribution in [2.24, 2.45) is 17.6 Å². The molecule has 1 fully saturated rings. The summed E-state index contributed by atoms with van der Waals surface area (Å²) >= 11 is 0. The zero-order valence-electron chi connectivity index (χ0n) is 14.4. The van der Waals surface area contributed by atoms with Gasteiger partial charge in [-0.2, -0.15) is 5.26 Å². The molecule has 5 nitrogen and oxygen atoms in total. The van der Waals surface area contributed by atoms with Crippen LogP contribution in [0.1, 0.15) is 39.0 Å². The molecule has 1 amide bonds. The average molecular weight is 337 g/mol. The van der Waals surface area contributed by atoms with Gasteiger partial charge < -0.3 is 15.8 Å². The maximum Gasteiger partial charge on any atom is 0.255 e. The van der Waals surface area contributed by atoms with Gasteiger partial charge in [0.2, 0.25) is 5.88 Å². The van der Waals surface area contributed by atoms with E-state index in [4.69, 9.17) is 10.5 Å². The fraction of sp³-hybridized carbons (Fsp3) is 0.400. The van der Waals surface area contributed by atoms with E-state index < -0.39 is 0 Å². The number of allylic oxidation sites excluding steroid dienone is 2. The molecule has 5 heteroatoms. The number of ether oxygens (including phenoxy) is 1. The second kappa shape index (κ2) is 7.43. The third kappa shape index (κ3) is 3.53. The summed E-state index contributed by atoms with van der Waals surface area (Å²) in [5, 5.41) is 12.5. The van der Waals surface area contributed by atoms with E-state index in [-0.39, 0.29) is 23.6 Å². The first-order valence-corrected chi connectivity index (χ1v) is 8.76. The minimum atomic E-state index is -0.289. The Morgan fingerprint density at radius 3 is 2.56 bits per heavy atom. The standard InChI is InChI=1S/C20H23N3O2/c1-13-17(20(24)23-15-10-6-3-7-11-15)18(14-8-4-2-5-9-14)16(12-21)19(22)25-13/h3,6-7,10-11,14,18H,2,4-5,8-9,22H2,1H3,(H,23,24). The van der Waals surface area contributed by atoms with Crippen molar-refractivity contribution in [1.29, 1.82) is 5.26 Å². The zero-order chi connectivity index (χ0) is 17.8. The Morgan fingerprint density at radius 1 is 1.24 bits per heavy atom. The molecule has 3 rings (SSSR count). The number of rotatable bonds is 3. The number of hydrogen-bond donors (Lipinski definition) is 2. The molecule has 130 valence electrons. The number of benzene rings is 1. The van der Waals surface area contributed by atoms with Crippen molar-refractivity contribution >= 4 is 11.6 Å². The number of nitrogens with two attached hydrogens (primary N) is 1. The molecule has 0 radical (unpaired) electrons. The third-order valence-corrected chi connectivity index (χ3v) is 5.05. The van der Waals surface area contributed by atoms with E-state index in [0.717, 1.165) is 31.4 Å². The van der Waals surface area contributed by atoms with Crippen molar-refractivity contribution in [3.05, 3.63) is 53.1 Å². The normalized spacial score (nSPS) is 21.5. The minimum Gasteiger partial charge on any atom is -0.445 e. The first kappa shape index (κ1) is 17.1. The molecule has 1 atom stereocenters. The predicted molar refractivity (Wildman–Crippen MR) is 95.7 cm³/mol. The van der Waals surface area contributed by atoms with Gasteiger partial charge in [-0.05, 0) is 37.8 Å². The van der Waals surface area contributed by atoms with Gasteiger partial charge in [-0.3, -0.25) is 4.79 Å². The van der Waals surface area contributed by atoms with Crippen molar-refractivity contribution in [3.8, 4) is 6.07 Å². The van der Waals surface area contributed by atoms with Gasteiger partial charge >= 0.3 is 0 Å². The van der Waals surface area contributed by atoms with Crippen LogP contribution in [0.5, 0.6) is 0 Å². The van der Waals surface area contributed by atoms with Gasteiger partial charge in [0.25, 0.3) is 5.91 Å². The van der Waals surface area contributed by atoms with E-state index in [9.17, 15) is 10.1 Å². The van der Waals surface area contributed by atoms with Gasteiger partial charge in [-0.1, -0.05) is 37.5 Å². The number of nitriles is 1. The van der Waals surface area contributed by atoms with Crippen LogP contribution in [-0.2, 0) is 9.53 Å². The lowest BCUT2D eigenvalue weighted by atomic mass is 9.72. The lowest BCUT2D eigenvalue weighted by Gasteiger charge is -2.34. The second-order valence-corrected chi connectivity index (χ2v) is 6.66. The van der Waals surface area contributed by atoms with Crippen molar-refractivity contribution in [3.63, 3.8) is 0 Å². The summed E-state index contributed by atoms with van der Waals surface area (Å²) in [6.07, 6.45) is 5.44. The predicted octanol–water partition coefficient (Wildman–Crippen LogP) is 3.82. The first-order chi connectivity index (χ1) is 12.1. The van der Waals surface area contributed by atoms with Gasteiger partial charge in [0.1, 0.15) is 11.8 Å². The molecule has 1 unspecified atom stereocenters. The van der Waals surface area contributed by atoms with E-state index in [2.05, 4.69) is 11.4 Å². The Hall–Kier alpha value is -2.74. The van der Waals surface area contributed by atoms with Gasteiger partial charge in [0.05, 0.1) is 11.1 Å². The summed E-state index contributed by atoms with van der Waals surface area (Å²) in [6, 6.07) is 11.5. The quantitative estimate of drug-likeness (QED) is 0.877. The maximum atomic E-state index is 13.0. The number of carbonyl (C=O) groups is 1. The number of para-hydroxylation sites is 1. The van der Waals surface area contributed by atoms with Crippen LogP contribution >= 0.6 is 0 Å². The lowest BCUT2D eigenvalue weighted by molar-refractivity contribution is -0.113. The van der Waals surface area contributed by atoms with Gasteiger partial charge in [-0.15, -0.1) is 0 Å². The first-order valence-electron chi connectivity index (χ1n) is 8.76. The molecular weight excluding hydrogens is 314 g/mol. The molecule has 2 aliphatic rings. The maximum absolute atomic E-state index is 13.0. The fourth-order valence-electron chi connectivity index (χ4n) is 3.88. The van der Waals surface area contributed by atoms with Crippen LogP contribution in [0, 0.1) is 23.2 Å². The van der Waals surface area contributed by atoms with Crippen LogP contribution in [0.2, 0.25) is 0 Å². The topological polar surface area (TPSA) is 88.1 Å². The average Bonchev–Trinajstić information content (AvgIpc) is 2.62. The van der Waals surface area contributed by atoms with E-state index in [1.807, 2.05) is 30.3 Å². The Labute approximate surface area is 148 Å². The van der Waals surface area contributed by atoms with Gasteiger partial charge in [-0.25, -0.2) is 0 Å². The molecular formula is C20H23N3O2. The molecule has 3 N–H and O–H groups in total. The summed E-state index contributed by atoms with van der Waals surface area (Å²) in [4.78, 5) is 13.0. The number of anilines is 1. The van der Waals surface area contributed by atoms with Crippen molar-refractivity contribution in [2.75, 3.05) is 5.32 Å². The monoisotopic (exact) mass is 337 g/mol. The van der Waals surface area contributed by atoms with E-state index in [1.54, 1.807) is 6.92 Å². The summed E-state index contributed by atoms with van der Waals surface area (Å²) in [6.45, 7) is 1.75. The Morgan fingerprint density at radius 2 is 1.92 bits per heavy atom. The highest BCUT2D eigenvalue weighted by Crippen LogP contribution is 2.42. The highest BCUT2D eigenvalue weighted by molar-refractivity contribution is 6.05. The molecule has 1 aromatic carbocycles. The Balaban J connectivity index is 1.94. The highest BCUT2D eigenvalue weighted by atomic mass is 16.5. The molecule has 1 aromatic rings. The number of nitrogens with one attached hydrogen (secondary N) is 1. The highest BCUT2D eigenvalue weighted by Gasteiger charge is 2.39. The van der Waals surface area contributed by atoms with Gasteiger partial charge in [0.15, 0.2) is 0 Å². The smallest absolute Gasteiger partial charge is 0.255 e. The minimum absolute atomic E-state index is 0.131. The molecule has 0 spiro atoms. The largest absolute Gasteiger partial charge is 0.445 e. The summed E-state index contributed by atoms with van der Waals surface area (Å²) in [5.74, 6) is 0.354. The number of carbonyl (C=O) groups excluding carboxylic acids is 1. The molecule has 0 aromatic heterocycles. The summed E-state index contributed by atoms with van der Waals surface area (Å²) in [7, 11) is 0. The van der Waals surface area contributed by atoms with E-state index in [1.165, 1.54) is 6.42 Å². The van der Waals surface area contributed by atoms with E-state index >= 15 is 0 Å². The van der Waals surface area contributed by atoms with Crippen molar-refractivity contribution in [2.45, 2.75) is 39.0 Å². The second-order valence-electron chi connectivity index (χ2n) is 6.66. The third-order valence-electron chi connectivity index (χ3n) is 5.05. The van der Waals surface area contributed by atoms with Crippen molar-refractivity contribution < 1.29 is 9.53 Å². The van der Waals surface area contributed by atoms with Crippen LogP contribution < -0.4 is 11.1 Å². The van der Waals surface area contributed by atoms with Gasteiger partial charge in [0, 0.05) is 11.6 Å². The fourth-order valence-corrected chi connectivity index (χ4v) is 3.88. The van der Waals surface area contributed by atoms with Crippen LogP contribution in [-0.4, -0.2) is 5.91 Å². The number of hydrogen-bond acceptors (Lipinski definition) is 4. The molecule has 25 heavy (non-hydrogen) atoms. The van der Waals surface area contributed by atoms with Crippen LogP contribution in [0.25, 0.3) is 0 Å². The summed E-state index contributed by atoms with van der Waals surface area (Å²) in [5.41, 5.74) is 7.59. The molecule has 0 bridgehead atoms. The molecule has 1 saturated carbocycles. The summed E-state index contributed by atoms with van der Waals surface area (Å²) < 4.78 is 5.54. The van der Waals surface area contributed by atoms with Crippen LogP contribution in [0.15, 0.2) is 53.1 Å². The number of nitrogens with zero attached hydrogens (tertiary/aromatic N) is 1. The molecule has 1 aliphatic heterocycles. The molecule has 0 saturated heterocycles. The number of amides is 1. The van der Waals surface area contributed by atoms with Crippen LogP contribution in [0.3, 0.4) is 0 Å². The van der Waals surface area contributed by atoms with Crippen LogP contribution in [0.4, 0.5) is 5.69 Å². The lowest BCUT2D eigenvalue weighted by Crippen LogP contribution is -2.33. The Bertz CT molecular complexity index is 753. The zero-order valence-corrected chi connectivity index (χ0v) is 14.4. The van der Waals surface area contributed by atoms with E-state index in [0.29, 0.717) is 16.9 Å². The SMILES string of the molecule is CC1=C(C(=O)Nc2ccccc2)C(C2CCCCC2)C(C#N)=C(N)O1.